The molecule has 1 amide bonds. The molecular weight excluding hydrogens is 170 g/mol. The van der Waals surface area contributed by atoms with E-state index in [4.69, 9.17) is 15.7 Å². The van der Waals surface area contributed by atoms with Gasteiger partial charge >= 0.3 is 0 Å². The molecule has 0 spiro atoms. The van der Waals surface area contributed by atoms with Crippen molar-refractivity contribution in [1.29, 1.82) is 5.26 Å². The zero-order valence-corrected chi connectivity index (χ0v) is 7.75. The second kappa shape index (κ2) is 7.53. The van der Waals surface area contributed by atoms with E-state index in [-0.39, 0.29) is 12.5 Å². The Balaban J connectivity index is 3.09. The molecule has 0 aromatic heterocycles. The second-order valence-electron chi connectivity index (χ2n) is 2.75. The zero-order valence-electron chi connectivity index (χ0n) is 7.75. The van der Waals surface area contributed by atoms with E-state index in [1.807, 2.05) is 6.92 Å². The van der Waals surface area contributed by atoms with Crippen LogP contribution in [-0.4, -0.2) is 32.2 Å². The summed E-state index contributed by atoms with van der Waals surface area (Å²) in [7, 11) is 0. The molecule has 0 aromatic rings. The summed E-state index contributed by atoms with van der Waals surface area (Å²) in [6.07, 6.45) is 0. The maximum absolute atomic E-state index is 10.2. The van der Waals surface area contributed by atoms with Crippen LogP contribution in [-0.2, 0) is 9.53 Å². The van der Waals surface area contributed by atoms with Crippen molar-refractivity contribution in [3.05, 3.63) is 0 Å². The normalized spacial score (nSPS) is 12.0. The third kappa shape index (κ3) is 8.79. The van der Waals surface area contributed by atoms with Crippen LogP contribution >= 0.6 is 0 Å². The van der Waals surface area contributed by atoms with Gasteiger partial charge in [0.2, 0.25) is 5.91 Å². The summed E-state index contributed by atoms with van der Waals surface area (Å²) in [4.78, 5) is 10.2. The summed E-state index contributed by atoms with van der Waals surface area (Å²) in [5.41, 5.74) is 4.85. The SMILES string of the molecule is CC(C#N)CNCCOCC(N)=O. The molecule has 1 atom stereocenters. The van der Waals surface area contributed by atoms with Crippen LogP contribution in [0.3, 0.4) is 0 Å². The average Bonchev–Trinajstić information content (AvgIpc) is 2.10. The van der Waals surface area contributed by atoms with E-state index >= 15 is 0 Å². The zero-order chi connectivity index (χ0) is 10.1. The molecule has 0 aromatic carbocycles. The van der Waals surface area contributed by atoms with Crippen molar-refractivity contribution in [2.24, 2.45) is 11.7 Å². The summed E-state index contributed by atoms with van der Waals surface area (Å²) in [5, 5.41) is 11.4. The largest absolute Gasteiger partial charge is 0.370 e. The van der Waals surface area contributed by atoms with Crippen LogP contribution in [0.5, 0.6) is 0 Å². The fraction of sp³-hybridized carbons (Fsp3) is 0.750. The van der Waals surface area contributed by atoms with Gasteiger partial charge in [-0.2, -0.15) is 5.26 Å². The van der Waals surface area contributed by atoms with Crippen molar-refractivity contribution < 1.29 is 9.53 Å². The van der Waals surface area contributed by atoms with Gasteiger partial charge in [-0.15, -0.1) is 0 Å². The maximum atomic E-state index is 10.2. The molecule has 0 saturated heterocycles. The molecule has 0 fully saturated rings. The van der Waals surface area contributed by atoms with Gasteiger partial charge in [-0.25, -0.2) is 0 Å². The molecule has 0 aliphatic rings. The van der Waals surface area contributed by atoms with Gasteiger partial charge in [-0.3, -0.25) is 4.79 Å². The lowest BCUT2D eigenvalue weighted by molar-refractivity contribution is -0.122. The molecule has 0 rings (SSSR count). The maximum Gasteiger partial charge on any atom is 0.243 e. The van der Waals surface area contributed by atoms with Crippen LogP contribution in [0.1, 0.15) is 6.92 Å². The number of ether oxygens (including phenoxy) is 1. The third-order valence-corrected chi connectivity index (χ3v) is 1.34. The highest BCUT2D eigenvalue weighted by atomic mass is 16.5. The Morgan fingerprint density at radius 3 is 3.00 bits per heavy atom. The minimum absolute atomic E-state index is 0.00357. The summed E-state index contributed by atoms with van der Waals surface area (Å²) < 4.78 is 4.89. The van der Waals surface area contributed by atoms with Gasteiger partial charge in [0.1, 0.15) is 6.61 Å². The lowest BCUT2D eigenvalue weighted by Gasteiger charge is -2.05. The van der Waals surface area contributed by atoms with E-state index in [1.165, 1.54) is 0 Å². The van der Waals surface area contributed by atoms with E-state index in [0.717, 1.165) is 0 Å². The number of nitrogens with zero attached hydrogens (tertiary/aromatic N) is 1. The fourth-order valence-electron chi connectivity index (χ4n) is 0.681. The van der Waals surface area contributed by atoms with Crippen molar-refractivity contribution in [3.8, 4) is 6.07 Å². The fourth-order valence-corrected chi connectivity index (χ4v) is 0.681. The van der Waals surface area contributed by atoms with Gasteiger partial charge < -0.3 is 15.8 Å². The van der Waals surface area contributed by atoms with Gasteiger partial charge in [-0.05, 0) is 6.92 Å². The average molecular weight is 185 g/mol. The summed E-state index contributed by atoms with van der Waals surface area (Å²) >= 11 is 0. The number of primary amides is 1. The Morgan fingerprint density at radius 2 is 2.46 bits per heavy atom. The molecule has 1 unspecified atom stereocenters. The van der Waals surface area contributed by atoms with Crippen molar-refractivity contribution in [1.82, 2.24) is 5.32 Å². The van der Waals surface area contributed by atoms with E-state index < -0.39 is 5.91 Å². The Morgan fingerprint density at radius 1 is 1.77 bits per heavy atom. The van der Waals surface area contributed by atoms with E-state index in [2.05, 4.69) is 11.4 Å². The number of hydrogen-bond acceptors (Lipinski definition) is 4. The first-order chi connectivity index (χ1) is 6.16. The van der Waals surface area contributed by atoms with Crippen molar-refractivity contribution in [2.75, 3.05) is 26.3 Å². The molecule has 0 saturated carbocycles. The van der Waals surface area contributed by atoms with Crippen molar-refractivity contribution >= 4 is 5.91 Å². The summed E-state index contributed by atoms with van der Waals surface area (Å²) in [5.74, 6) is -0.471. The highest BCUT2D eigenvalue weighted by Crippen LogP contribution is 1.86. The smallest absolute Gasteiger partial charge is 0.243 e. The van der Waals surface area contributed by atoms with Crippen LogP contribution in [0.4, 0.5) is 0 Å². The molecular formula is C8H15N3O2. The van der Waals surface area contributed by atoms with Gasteiger partial charge in [0.25, 0.3) is 0 Å². The lowest BCUT2D eigenvalue weighted by Crippen LogP contribution is -2.26. The van der Waals surface area contributed by atoms with Crippen LogP contribution < -0.4 is 11.1 Å². The Bertz CT molecular complexity index is 188. The van der Waals surface area contributed by atoms with E-state index in [0.29, 0.717) is 19.7 Å². The number of hydrogen-bond donors (Lipinski definition) is 2. The number of rotatable bonds is 7. The van der Waals surface area contributed by atoms with Gasteiger partial charge in [0.05, 0.1) is 18.6 Å². The van der Waals surface area contributed by atoms with Crippen LogP contribution in [0.25, 0.3) is 0 Å². The number of carbonyl (C=O) groups is 1. The number of carbonyl (C=O) groups excluding carboxylic acids is 1. The Kier molecular flexibility index (Phi) is 6.88. The predicted octanol–water partition coefficient (Wildman–Crippen LogP) is -0.762. The molecule has 0 aliphatic carbocycles. The Labute approximate surface area is 77.9 Å². The first kappa shape index (κ1) is 11.9. The standard InChI is InChI=1S/C8H15N3O2/c1-7(4-9)5-11-2-3-13-6-8(10)12/h7,11H,2-3,5-6H2,1H3,(H2,10,12). The van der Waals surface area contributed by atoms with Crippen molar-refractivity contribution in [2.45, 2.75) is 6.92 Å². The minimum atomic E-state index is -0.467. The molecule has 13 heavy (non-hydrogen) atoms. The molecule has 0 aliphatic heterocycles. The molecule has 3 N–H and O–H groups in total. The number of nitrogens with one attached hydrogen (secondary N) is 1. The molecule has 0 radical (unpaired) electrons. The topological polar surface area (TPSA) is 88.1 Å². The van der Waals surface area contributed by atoms with Gasteiger partial charge in [0.15, 0.2) is 0 Å². The molecule has 74 valence electrons. The number of amides is 1. The first-order valence-corrected chi connectivity index (χ1v) is 4.13. The minimum Gasteiger partial charge on any atom is -0.370 e. The summed E-state index contributed by atoms with van der Waals surface area (Å²) in [6, 6.07) is 2.10. The van der Waals surface area contributed by atoms with Crippen LogP contribution in [0.15, 0.2) is 0 Å². The first-order valence-electron chi connectivity index (χ1n) is 4.13. The quantitative estimate of drug-likeness (QED) is 0.510. The molecule has 5 nitrogen and oxygen atoms in total. The number of nitriles is 1. The Hall–Kier alpha value is -1.12. The van der Waals surface area contributed by atoms with Crippen LogP contribution in [0, 0.1) is 17.2 Å². The second-order valence-corrected chi connectivity index (χ2v) is 2.75. The summed E-state index contributed by atoms with van der Waals surface area (Å²) in [6.45, 7) is 3.48. The molecule has 5 heteroatoms. The van der Waals surface area contributed by atoms with Crippen LogP contribution in [0.2, 0.25) is 0 Å². The van der Waals surface area contributed by atoms with Gasteiger partial charge in [-0.1, -0.05) is 0 Å². The van der Waals surface area contributed by atoms with E-state index in [9.17, 15) is 4.79 Å². The number of nitrogens with two attached hydrogens (primary N) is 1. The van der Waals surface area contributed by atoms with Gasteiger partial charge in [0, 0.05) is 13.1 Å². The van der Waals surface area contributed by atoms with Crippen molar-refractivity contribution in [3.63, 3.8) is 0 Å². The van der Waals surface area contributed by atoms with E-state index in [1.54, 1.807) is 0 Å². The highest BCUT2D eigenvalue weighted by molar-refractivity contribution is 5.74. The lowest BCUT2D eigenvalue weighted by atomic mass is 10.2. The predicted molar refractivity (Wildman–Crippen MR) is 47.7 cm³/mol. The monoisotopic (exact) mass is 185 g/mol. The third-order valence-electron chi connectivity index (χ3n) is 1.34. The highest BCUT2D eigenvalue weighted by Gasteiger charge is 1.97. The molecule has 0 heterocycles. The molecule has 0 bridgehead atoms.